The number of fused-ring (bicyclic) bond motifs is 4. The van der Waals surface area contributed by atoms with E-state index in [-0.39, 0.29) is 12.2 Å². The third-order valence-electron chi connectivity index (χ3n) is 6.16. The van der Waals surface area contributed by atoms with Gasteiger partial charge in [-0.1, -0.05) is 0 Å². The van der Waals surface area contributed by atoms with Crippen molar-refractivity contribution in [2.75, 3.05) is 43.1 Å². The lowest BCUT2D eigenvalue weighted by atomic mass is 10.0. The normalized spacial score (nSPS) is 21.6. The second kappa shape index (κ2) is 6.64. The van der Waals surface area contributed by atoms with Crippen molar-refractivity contribution in [3.8, 4) is 5.75 Å². The Labute approximate surface area is 168 Å². The number of H-pyrrole nitrogens is 1. The zero-order valence-corrected chi connectivity index (χ0v) is 16.1. The minimum Gasteiger partial charge on any atom is -0.455 e. The minimum atomic E-state index is -0.201. The third-order valence-corrected chi connectivity index (χ3v) is 6.16. The molecule has 4 heterocycles. The van der Waals surface area contributed by atoms with Gasteiger partial charge in [-0.25, -0.2) is 9.29 Å². The molecule has 6 rings (SSSR count). The van der Waals surface area contributed by atoms with E-state index in [1.54, 1.807) is 12.1 Å². The zero-order chi connectivity index (χ0) is 19.4. The second-order valence-corrected chi connectivity index (χ2v) is 7.89. The Balaban J connectivity index is 1.23. The summed E-state index contributed by atoms with van der Waals surface area (Å²) in [6.07, 6.45) is 0.818. The van der Waals surface area contributed by atoms with Crippen LogP contribution in [0.5, 0.6) is 5.75 Å². The summed E-state index contributed by atoms with van der Waals surface area (Å²) in [7, 11) is 0. The lowest BCUT2D eigenvalue weighted by Gasteiger charge is -2.31. The molecule has 1 atom stereocenters. The molecular formula is C22H23FN4O2. The van der Waals surface area contributed by atoms with E-state index in [0.29, 0.717) is 0 Å². The first-order chi connectivity index (χ1) is 14.2. The molecule has 3 aliphatic rings. The largest absolute Gasteiger partial charge is 0.455 e. The number of nitrogens with zero attached hydrogens (tertiary/aromatic N) is 2. The van der Waals surface area contributed by atoms with Gasteiger partial charge in [-0.2, -0.15) is 0 Å². The molecule has 1 saturated heterocycles. The van der Waals surface area contributed by atoms with E-state index in [9.17, 15) is 4.39 Å². The smallest absolute Gasteiger partial charge is 0.230 e. The van der Waals surface area contributed by atoms with Gasteiger partial charge in [0.15, 0.2) is 0 Å². The Bertz CT molecular complexity index is 1080. The standard InChI is InChI=1S/C22H23FN4O2/c23-14-1-3-16-17-5-6-27(13-20(17)24-18(16)11-14)15-2-4-21-19(12-15)25-22(29-21)26-7-9-28-10-8-26/h1-4,11-12,22,24-25H,5-10,13H2. The molecule has 29 heavy (non-hydrogen) atoms. The van der Waals surface area contributed by atoms with Gasteiger partial charge in [-0.15, -0.1) is 0 Å². The van der Waals surface area contributed by atoms with Crippen molar-refractivity contribution in [2.24, 2.45) is 0 Å². The average Bonchev–Trinajstić information content (AvgIpc) is 3.34. The van der Waals surface area contributed by atoms with Crippen molar-refractivity contribution < 1.29 is 13.9 Å². The van der Waals surface area contributed by atoms with Gasteiger partial charge in [0.25, 0.3) is 0 Å². The van der Waals surface area contributed by atoms with Gasteiger partial charge in [-0.3, -0.25) is 0 Å². The van der Waals surface area contributed by atoms with Crippen LogP contribution in [0.4, 0.5) is 15.8 Å². The summed E-state index contributed by atoms with van der Waals surface area (Å²) in [5.41, 5.74) is 5.56. The second-order valence-electron chi connectivity index (χ2n) is 7.89. The van der Waals surface area contributed by atoms with E-state index in [0.717, 1.165) is 73.8 Å². The summed E-state index contributed by atoms with van der Waals surface area (Å²) >= 11 is 0. The van der Waals surface area contributed by atoms with Crippen LogP contribution in [-0.2, 0) is 17.7 Å². The first-order valence-electron chi connectivity index (χ1n) is 10.2. The highest BCUT2D eigenvalue weighted by Crippen LogP contribution is 2.38. The van der Waals surface area contributed by atoms with E-state index in [4.69, 9.17) is 9.47 Å². The van der Waals surface area contributed by atoms with E-state index >= 15 is 0 Å². The molecule has 6 nitrogen and oxygen atoms in total. The third kappa shape index (κ3) is 2.92. The summed E-state index contributed by atoms with van der Waals surface area (Å²) in [5.74, 6) is 0.691. The van der Waals surface area contributed by atoms with Crippen LogP contribution < -0.4 is 15.0 Å². The number of aromatic amines is 1. The Hall–Kier alpha value is -2.77. The first-order valence-corrected chi connectivity index (χ1v) is 10.2. The summed E-state index contributed by atoms with van der Waals surface area (Å²) in [4.78, 5) is 8.04. The van der Waals surface area contributed by atoms with Crippen LogP contribution in [0.2, 0.25) is 0 Å². The fraction of sp³-hybridized carbons (Fsp3) is 0.364. The molecule has 0 radical (unpaired) electrons. The van der Waals surface area contributed by atoms with Crippen LogP contribution in [0.15, 0.2) is 36.4 Å². The van der Waals surface area contributed by atoms with Crippen LogP contribution >= 0.6 is 0 Å². The van der Waals surface area contributed by atoms with Crippen molar-refractivity contribution in [2.45, 2.75) is 19.3 Å². The first kappa shape index (κ1) is 17.1. The summed E-state index contributed by atoms with van der Waals surface area (Å²) in [6.45, 7) is 4.95. The maximum atomic E-state index is 13.6. The monoisotopic (exact) mass is 394 g/mol. The predicted molar refractivity (Wildman–Crippen MR) is 110 cm³/mol. The number of halogens is 1. The van der Waals surface area contributed by atoms with E-state index in [1.807, 2.05) is 12.1 Å². The number of aromatic nitrogens is 1. The van der Waals surface area contributed by atoms with E-state index < -0.39 is 0 Å². The van der Waals surface area contributed by atoms with Gasteiger partial charge < -0.3 is 24.7 Å². The highest BCUT2D eigenvalue weighted by atomic mass is 19.1. The van der Waals surface area contributed by atoms with Gasteiger partial charge in [0.2, 0.25) is 6.35 Å². The summed E-state index contributed by atoms with van der Waals surface area (Å²) < 4.78 is 25.1. The number of benzene rings is 2. The minimum absolute atomic E-state index is 0.124. The maximum absolute atomic E-state index is 13.6. The lowest BCUT2D eigenvalue weighted by Crippen LogP contribution is -2.48. The topological polar surface area (TPSA) is 52.8 Å². The number of ether oxygens (including phenoxy) is 2. The number of hydrogen-bond acceptors (Lipinski definition) is 5. The van der Waals surface area contributed by atoms with Crippen LogP contribution in [0.25, 0.3) is 10.9 Å². The van der Waals surface area contributed by atoms with Gasteiger partial charge in [-0.05, 0) is 48.4 Å². The fourth-order valence-electron chi connectivity index (χ4n) is 4.63. The molecule has 150 valence electrons. The predicted octanol–water partition coefficient (Wildman–Crippen LogP) is 3.29. The number of anilines is 2. The SMILES string of the molecule is Fc1ccc2c3c([nH]c2c1)CN(c1ccc2c(c1)NC(N1CCOCC1)O2)CC3. The number of rotatable bonds is 2. The zero-order valence-electron chi connectivity index (χ0n) is 16.1. The van der Waals surface area contributed by atoms with Crippen molar-refractivity contribution in [3.05, 3.63) is 53.5 Å². The molecule has 0 saturated carbocycles. The molecule has 3 aliphatic heterocycles. The Morgan fingerprint density at radius 3 is 2.83 bits per heavy atom. The molecule has 2 aromatic carbocycles. The molecule has 1 aromatic heterocycles. The summed E-state index contributed by atoms with van der Waals surface area (Å²) in [6, 6.07) is 11.4. The quantitative estimate of drug-likeness (QED) is 0.699. The molecule has 1 fully saturated rings. The molecular weight excluding hydrogens is 371 g/mol. The Morgan fingerprint density at radius 1 is 1.03 bits per heavy atom. The summed E-state index contributed by atoms with van der Waals surface area (Å²) in [5, 5.41) is 4.64. The lowest BCUT2D eigenvalue weighted by molar-refractivity contribution is -0.0274. The van der Waals surface area contributed by atoms with Crippen molar-refractivity contribution in [1.29, 1.82) is 0 Å². The van der Waals surface area contributed by atoms with Crippen LogP contribution in [0.1, 0.15) is 11.3 Å². The van der Waals surface area contributed by atoms with Crippen LogP contribution in [0.3, 0.4) is 0 Å². The molecule has 1 unspecified atom stereocenters. The van der Waals surface area contributed by atoms with Crippen molar-refractivity contribution in [1.82, 2.24) is 9.88 Å². The number of nitrogens with one attached hydrogen (secondary N) is 2. The average molecular weight is 394 g/mol. The molecule has 7 heteroatoms. The number of morpholine rings is 1. The highest BCUT2D eigenvalue weighted by Gasteiger charge is 2.30. The molecule has 0 bridgehead atoms. The van der Waals surface area contributed by atoms with Gasteiger partial charge in [0, 0.05) is 41.9 Å². The molecule has 2 N–H and O–H groups in total. The maximum Gasteiger partial charge on any atom is 0.230 e. The molecule has 0 spiro atoms. The van der Waals surface area contributed by atoms with E-state index in [2.05, 4.69) is 32.2 Å². The molecule has 0 amide bonds. The van der Waals surface area contributed by atoms with Crippen molar-refractivity contribution >= 4 is 22.3 Å². The van der Waals surface area contributed by atoms with Gasteiger partial charge >= 0.3 is 0 Å². The van der Waals surface area contributed by atoms with E-state index in [1.165, 1.54) is 11.3 Å². The van der Waals surface area contributed by atoms with Gasteiger partial charge in [0.1, 0.15) is 11.6 Å². The Morgan fingerprint density at radius 2 is 1.93 bits per heavy atom. The van der Waals surface area contributed by atoms with Crippen LogP contribution in [-0.4, -0.2) is 49.1 Å². The fourth-order valence-corrected chi connectivity index (χ4v) is 4.63. The van der Waals surface area contributed by atoms with Crippen LogP contribution in [0, 0.1) is 5.82 Å². The molecule has 3 aromatic rings. The highest BCUT2D eigenvalue weighted by molar-refractivity contribution is 5.85. The van der Waals surface area contributed by atoms with Gasteiger partial charge in [0.05, 0.1) is 25.4 Å². The number of hydrogen-bond donors (Lipinski definition) is 2. The van der Waals surface area contributed by atoms with Crippen molar-refractivity contribution in [3.63, 3.8) is 0 Å². The Kier molecular flexibility index (Phi) is 3.92. The molecule has 0 aliphatic carbocycles.